The standard InChI is InChI=1S/3C3H7O.Eu/c3*1-3(2)4;/h3*3H,1-2H3;/q3*-1;+3. The zero-order valence-corrected chi connectivity index (χ0v) is 11.8. The van der Waals surface area contributed by atoms with Crippen LogP contribution in [0.3, 0.4) is 0 Å². The van der Waals surface area contributed by atoms with E-state index in [4.69, 9.17) is -0.0181 Å². The molecule has 0 saturated heterocycles. The van der Waals surface area contributed by atoms with E-state index in [0.717, 1.165) is 0 Å². The van der Waals surface area contributed by atoms with Gasteiger partial charge in [0.05, 0.1) is 0 Å². The Bertz CT molecular complexity index is 102. The molecule has 0 fully saturated rings. The Kier molecular flexibility index (Phi) is 8.59. The van der Waals surface area contributed by atoms with Crippen molar-refractivity contribution in [3.05, 3.63) is 0 Å². The molecule has 0 amide bonds. The van der Waals surface area contributed by atoms with E-state index in [1.165, 1.54) is 0 Å². The molecule has 0 aromatic carbocycles. The summed E-state index contributed by atoms with van der Waals surface area (Å²) in [5.41, 5.74) is 0. The van der Waals surface area contributed by atoms with Crippen LogP contribution in [0.15, 0.2) is 0 Å². The summed E-state index contributed by atoms with van der Waals surface area (Å²) >= 11 is -2.36. The molecule has 0 bridgehead atoms. The summed E-state index contributed by atoms with van der Waals surface area (Å²) in [5.74, 6) is 0. The van der Waals surface area contributed by atoms with Crippen molar-refractivity contribution in [1.82, 2.24) is 0 Å². The first-order valence-electron chi connectivity index (χ1n) is 4.63. The SMILES string of the molecule is CC(C)[O][Eu]([O]C(C)C)[O]C(C)C. The maximum atomic E-state index is 5.61. The zero-order chi connectivity index (χ0) is 10.4. The van der Waals surface area contributed by atoms with Crippen molar-refractivity contribution >= 4 is 0 Å². The van der Waals surface area contributed by atoms with Crippen molar-refractivity contribution in [2.75, 3.05) is 0 Å². The maximum absolute atomic E-state index is 5.61. The number of hydrogen-bond acceptors (Lipinski definition) is 3. The minimum atomic E-state index is -2.36. The normalized spacial score (nSPS) is 13.2. The number of rotatable bonds is 6. The van der Waals surface area contributed by atoms with E-state index in [1.807, 2.05) is 41.5 Å². The molecule has 0 rings (SSSR count). The van der Waals surface area contributed by atoms with Gasteiger partial charge in [0.1, 0.15) is 0 Å². The quantitative estimate of drug-likeness (QED) is 0.750. The van der Waals surface area contributed by atoms with Crippen molar-refractivity contribution < 1.29 is 44.3 Å². The van der Waals surface area contributed by atoms with E-state index >= 15 is 0 Å². The second-order valence-electron chi connectivity index (χ2n) is 3.60. The van der Waals surface area contributed by atoms with Crippen LogP contribution in [0.25, 0.3) is 0 Å². The van der Waals surface area contributed by atoms with Crippen LogP contribution in [-0.2, 0) is -0.0181 Å². The molecule has 0 heterocycles. The van der Waals surface area contributed by atoms with Crippen LogP contribution < -0.4 is 0 Å². The Hall–Kier alpha value is 1.46. The molecular formula is C9H21EuO3. The third-order valence-corrected chi connectivity index (χ3v) is 5.58. The molecule has 0 saturated carbocycles. The van der Waals surface area contributed by atoms with Gasteiger partial charge in [-0.2, -0.15) is 0 Å². The minimum absolute atomic E-state index is 0.196. The van der Waals surface area contributed by atoms with Crippen LogP contribution in [-0.4, -0.2) is 18.3 Å². The fourth-order valence-electron chi connectivity index (χ4n) is 0.499. The second kappa shape index (κ2) is 7.72. The van der Waals surface area contributed by atoms with Crippen LogP contribution in [0.5, 0.6) is 0 Å². The van der Waals surface area contributed by atoms with Gasteiger partial charge in [0, 0.05) is 0 Å². The number of hydrogen-bond donors (Lipinski definition) is 0. The molecule has 4 heteroatoms. The predicted molar refractivity (Wildman–Crippen MR) is 48.7 cm³/mol. The van der Waals surface area contributed by atoms with Gasteiger partial charge in [-0.05, 0) is 0 Å². The molecule has 13 heavy (non-hydrogen) atoms. The fraction of sp³-hybridized carbons (Fsp3) is 1.00. The fourth-order valence-corrected chi connectivity index (χ4v) is 3.70. The Morgan fingerprint density at radius 3 is 1.00 bits per heavy atom. The summed E-state index contributed by atoms with van der Waals surface area (Å²) in [4.78, 5) is 0. The van der Waals surface area contributed by atoms with Gasteiger partial charge in [0.2, 0.25) is 0 Å². The van der Waals surface area contributed by atoms with Crippen molar-refractivity contribution in [3.8, 4) is 0 Å². The van der Waals surface area contributed by atoms with Crippen molar-refractivity contribution in [1.29, 1.82) is 0 Å². The van der Waals surface area contributed by atoms with E-state index in [9.17, 15) is 0 Å². The molecule has 0 radical (unpaired) electrons. The van der Waals surface area contributed by atoms with Gasteiger partial charge in [-0.1, -0.05) is 0 Å². The van der Waals surface area contributed by atoms with Gasteiger partial charge < -0.3 is 0 Å². The molecule has 0 aliphatic rings. The van der Waals surface area contributed by atoms with E-state index in [1.54, 1.807) is 0 Å². The Morgan fingerprint density at radius 1 is 0.615 bits per heavy atom. The molecule has 0 spiro atoms. The molecule has 0 atom stereocenters. The van der Waals surface area contributed by atoms with Crippen molar-refractivity contribution in [2.24, 2.45) is 0 Å². The summed E-state index contributed by atoms with van der Waals surface area (Å²) in [7, 11) is 0. The molecule has 0 N–H and O–H groups in total. The van der Waals surface area contributed by atoms with Crippen molar-refractivity contribution in [2.45, 2.75) is 59.9 Å². The first-order valence-corrected chi connectivity index (χ1v) is 7.60. The van der Waals surface area contributed by atoms with Gasteiger partial charge in [-0.3, -0.25) is 0 Å². The van der Waals surface area contributed by atoms with E-state index in [0.29, 0.717) is 0 Å². The average Bonchev–Trinajstić information content (AvgIpc) is 1.80. The van der Waals surface area contributed by atoms with Gasteiger partial charge in [-0.25, -0.2) is 0 Å². The summed E-state index contributed by atoms with van der Waals surface area (Å²) in [6, 6.07) is 0. The molecular weight excluding hydrogens is 308 g/mol. The predicted octanol–water partition coefficient (Wildman–Crippen LogP) is 2.63. The Balaban J connectivity index is 3.87. The first-order chi connectivity index (χ1) is 5.91. The summed E-state index contributed by atoms with van der Waals surface area (Å²) in [6.07, 6.45) is 0.587. The third kappa shape index (κ3) is 9.76. The van der Waals surface area contributed by atoms with Gasteiger partial charge in [0.25, 0.3) is 0 Å². The summed E-state index contributed by atoms with van der Waals surface area (Å²) in [6.45, 7) is 12.0. The molecule has 0 unspecified atom stereocenters. The molecule has 0 aliphatic carbocycles. The first kappa shape index (κ1) is 14.5. The van der Waals surface area contributed by atoms with Crippen LogP contribution >= 0.6 is 0 Å². The van der Waals surface area contributed by atoms with E-state index < -0.39 is 44.3 Å². The summed E-state index contributed by atoms with van der Waals surface area (Å²) < 4.78 is 16.8. The van der Waals surface area contributed by atoms with Gasteiger partial charge in [-0.15, -0.1) is 0 Å². The molecule has 0 aromatic rings. The summed E-state index contributed by atoms with van der Waals surface area (Å²) in [5, 5.41) is 0. The van der Waals surface area contributed by atoms with Crippen LogP contribution in [0, 0.1) is 44.3 Å². The van der Waals surface area contributed by atoms with Crippen LogP contribution in [0.2, 0.25) is 0 Å². The van der Waals surface area contributed by atoms with E-state index in [2.05, 4.69) is 0 Å². The molecule has 0 aliphatic heterocycles. The van der Waals surface area contributed by atoms with Gasteiger partial charge in [0.15, 0.2) is 0 Å². The van der Waals surface area contributed by atoms with Crippen LogP contribution in [0.1, 0.15) is 41.5 Å². The topological polar surface area (TPSA) is 27.7 Å². The van der Waals surface area contributed by atoms with Crippen molar-refractivity contribution in [3.63, 3.8) is 0 Å². The second-order valence-corrected chi connectivity index (χ2v) is 6.53. The third-order valence-electron chi connectivity index (χ3n) is 0.753. The Labute approximate surface area is 103 Å². The molecule has 3 nitrogen and oxygen atoms in total. The molecule has 82 valence electrons. The molecule has 0 aromatic heterocycles. The van der Waals surface area contributed by atoms with E-state index in [-0.39, 0.29) is 18.3 Å². The van der Waals surface area contributed by atoms with Crippen LogP contribution in [0.4, 0.5) is 0 Å². The Morgan fingerprint density at radius 2 is 0.846 bits per heavy atom. The zero-order valence-electron chi connectivity index (χ0n) is 9.33. The monoisotopic (exact) mass is 330 g/mol. The van der Waals surface area contributed by atoms with Gasteiger partial charge >= 0.3 is 104 Å². The average molecular weight is 329 g/mol.